The van der Waals surface area contributed by atoms with Gasteiger partial charge in [-0.25, -0.2) is 0 Å². The summed E-state index contributed by atoms with van der Waals surface area (Å²) in [5, 5.41) is 9.07. The van der Waals surface area contributed by atoms with Crippen LogP contribution in [-0.4, -0.2) is 60.6 Å². The van der Waals surface area contributed by atoms with Crippen LogP contribution in [-0.2, 0) is 19.1 Å². The van der Waals surface area contributed by atoms with E-state index in [0.717, 1.165) is 37.8 Å². The average Bonchev–Trinajstić information content (AvgIpc) is 3.28. The number of anilines is 1. The van der Waals surface area contributed by atoms with Gasteiger partial charge in [-0.2, -0.15) is 0 Å². The van der Waals surface area contributed by atoms with Crippen LogP contribution in [0.3, 0.4) is 0 Å². The molecule has 148 valence electrons. The highest BCUT2D eigenvalue weighted by atomic mass is 16.5. The van der Waals surface area contributed by atoms with Crippen molar-refractivity contribution in [3.63, 3.8) is 0 Å². The van der Waals surface area contributed by atoms with E-state index in [0.29, 0.717) is 12.4 Å². The van der Waals surface area contributed by atoms with E-state index in [1.807, 2.05) is 0 Å². The number of amides is 3. The van der Waals surface area contributed by atoms with Gasteiger partial charge >= 0.3 is 0 Å². The number of aryl methyl sites for hydroxylation is 1. The maximum atomic E-state index is 12.4. The standard InChI is InChI=1S/C18H26N4O5/c1-13-11-15(21-27-13)20-16(23)7-8-18(25)22(9-10-26-2)12-17(24)19-14-5-3-4-6-14/h7-8,11,14H,3-6,9-10,12H2,1-2H3,(H,19,24)(H,20,21,23). The second-order valence-electron chi connectivity index (χ2n) is 6.45. The minimum Gasteiger partial charge on any atom is -0.383 e. The monoisotopic (exact) mass is 378 g/mol. The van der Waals surface area contributed by atoms with Gasteiger partial charge in [0.2, 0.25) is 17.7 Å². The Morgan fingerprint density at radius 1 is 1.33 bits per heavy atom. The van der Waals surface area contributed by atoms with E-state index in [1.165, 1.54) is 12.0 Å². The summed E-state index contributed by atoms with van der Waals surface area (Å²) in [6, 6.07) is 1.75. The molecule has 1 aromatic rings. The molecule has 1 saturated carbocycles. The third-order valence-corrected chi connectivity index (χ3v) is 4.19. The van der Waals surface area contributed by atoms with Crippen LogP contribution in [0, 0.1) is 6.92 Å². The van der Waals surface area contributed by atoms with Gasteiger partial charge in [-0.05, 0) is 19.8 Å². The third kappa shape index (κ3) is 7.22. The number of ether oxygens (including phenoxy) is 1. The summed E-state index contributed by atoms with van der Waals surface area (Å²) in [4.78, 5) is 37.8. The van der Waals surface area contributed by atoms with E-state index in [-0.39, 0.29) is 30.9 Å². The van der Waals surface area contributed by atoms with Crippen LogP contribution in [0.15, 0.2) is 22.7 Å². The van der Waals surface area contributed by atoms with Crippen molar-refractivity contribution in [2.75, 3.05) is 32.1 Å². The van der Waals surface area contributed by atoms with Crippen LogP contribution in [0.2, 0.25) is 0 Å². The molecule has 2 rings (SSSR count). The Morgan fingerprint density at radius 3 is 2.70 bits per heavy atom. The van der Waals surface area contributed by atoms with Gasteiger partial charge in [-0.1, -0.05) is 18.0 Å². The second-order valence-corrected chi connectivity index (χ2v) is 6.45. The van der Waals surface area contributed by atoms with Gasteiger partial charge in [0.05, 0.1) is 13.2 Å². The Bertz CT molecular complexity index is 679. The molecular formula is C18H26N4O5. The summed E-state index contributed by atoms with van der Waals surface area (Å²) in [5.41, 5.74) is 0. The van der Waals surface area contributed by atoms with E-state index < -0.39 is 11.8 Å². The number of rotatable bonds is 9. The lowest BCUT2D eigenvalue weighted by Crippen LogP contribution is -2.44. The van der Waals surface area contributed by atoms with E-state index >= 15 is 0 Å². The number of methoxy groups -OCH3 is 1. The Hall–Kier alpha value is -2.68. The highest BCUT2D eigenvalue weighted by molar-refractivity contribution is 6.03. The van der Waals surface area contributed by atoms with Crippen molar-refractivity contribution >= 4 is 23.5 Å². The lowest BCUT2D eigenvalue weighted by atomic mass is 10.2. The lowest BCUT2D eigenvalue weighted by Gasteiger charge is -2.21. The molecule has 1 aromatic heterocycles. The third-order valence-electron chi connectivity index (χ3n) is 4.19. The Kier molecular flexibility index (Phi) is 8.00. The first-order valence-corrected chi connectivity index (χ1v) is 8.97. The maximum absolute atomic E-state index is 12.4. The number of nitrogens with zero attached hydrogens (tertiary/aromatic N) is 2. The van der Waals surface area contributed by atoms with E-state index in [9.17, 15) is 14.4 Å². The number of hydrogen-bond acceptors (Lipinski definition) is 6. The van der Waals surface area contributed by atoms with Gasteiger partial charge in [0.15, 0.2) is 5.82 Å². The zero-order valence-electron chi connectivity index (χ0n) is 15.7. The summed E-state index contributed by atoms with van der Waals surface area (Å²) >= 11 is 0. The molecule has 1 aliphatic carbocycles. The molecule has 1 aliphatic rings. The van der Waals surface area contributed by atoms with Gasteiger partial charge in [-0.15, -0.1) is 0 Å². The highest BCUT2D eigenvalue weighted by Crippen LogP contribution is 2.17. The Balaban J connectivity index is 1.87. The van der Waals surface area contributed by atoms with Gasteiger partial charge in [-0.3, -0.25) is 14.4 Å². The van der Waals surface area contributed by atoms with E-state index in [1.54, 1.807) is 13.0 Å². The molecule has 1 heterocycles. The van der Waals surface area contributed by atoms with Crippen LogP contribution < -0.4 is 10.6 Å². The molecule has 0 bridgehead atoms. The molecule has 3 amide bonds. The molecule has 0 spiro atoms. The first-order chi connectivity index (χ1) is 13.0. The van der Waals surface area contributed by atoms with Gasteiger partial charge in [0.25, 0.3) is 0 Å². The minimum atomic E-state index is -0.515. The van der Waals surface area contributed by atoms with E-state index in [4.69, 9.17) is 9.26 Å². The van der Waals surface area contributed by atoms with Crippen molar-refractivity contribution in [1.82, 2.24) is 15.4 Å². The van der Waals surface area contributed by atoms with Gasteiger partial charge in [0, 0.05) is 37.9 Å². The first-order valence-electron chi connectivity index (χ1n) is 8.97. The van der Waals surface area contributed by atoms with Crippen LogP contribution in [0.4, 0.5) is 5.82 Å². The number of nitrogens with one attached hydrogen (secondary N) is 2. The first kappa shape index (κ1) is 20.6. The predicted molar refractivity (Wildman–Crippen MR) is 97.9 cm³/mol. The Labute approximate surface area is 158 Å². The molecule has 27 heavy (non-hydrogen) atoms. The average molecular weight is 378 g/mol. The van der Waals surface area contributed by atoms with Crippen molar-refractivity contribution < 1.29 is 23.6 Å². The van der Waals surface area contributed by atoms with Crippen LogP contribution in [0.25, 0.3) is 0 Å². The highest BCUT2D eigenvalue weighted by Gasteiger charge is 2.20. The molecular weight excluding hydrogens is 352 g/mol. The lowest BCUT2D eigenvalue weighted by molar-refractivity contribution is -0.133. The smallest absolute Gasteiger partial charge is 0.249 e. The molecule has 0 aliphatic heterocycles. The van der Waals surface area contributed by atoms with E-state index in [2.05, 4.69) is 15.8 Å². The molecule has 9 heteroatoms. The molecule has 2 N–H and O–H groups in total. The van der Waals surface area contributed by atoms with Crippen molar-refractivity contribution in [3.8, 4) is 0 Å². The Morgan fingerprint density at radius 2 is 2.07 bits per heavy atom. The summed E-state index contributed by atoms with van der Waals surface area (Å²) < 4.78 is 9.85. The summed E-state index contributed by atoms with van der Waals surface area (Å²) in [5.74, 6) is -0.340. The quantitative estimate of drug-likeness (QED) is 0.620. The molecule has 0 atom stereocenters. The van der Waals surface area contributed by atoms with Crippen molar-refractivity contribution in [2.45, 2.75) is 38.6 Å². The topological polar surface area (TPSA) is 114 Å². The largest absolute Gasteiger partial charge is 0.383 e. The summed E-state index contributed by atoms with van der Waals surface area (Å²) in [6.45, 7) is 2.17. The van der Waals surface area contributed by atoms with Crippen molar-refractivity contribution in [1.29, 1.82) is 0 Å². The minimum absolute atomic E-state index is 0.0763. The molecule has 1 fully saturated rings. The van der Waals surface area contributed by atoms with Gasteiger partial charge in [0.1, 0.15) is 5.76 Å². The number of carbonyl (C=O) groups is 3. The maximum Gasteiger partial charge on any atom is 0.249 e. The molecule has 9 nitrogen and oxygen atoms in total. The fourth-order valence-corrected chi connectivity index (χ4v) is 2.83. The van der Waals surface area contributed by atoms with Crippen LogP contribution in [0.5, 0.6) is 0 Å². The predicted octanol–water partition coefficient (Wildman–Crippen LogP) is 1.01. The van der Waals surface area contributed by atoms with Crippen molar-refractivity contribution in [2.24, 2.45) is 0 Å². The number of carbonyl (C=O) groups excluding carboxylic acids is 3. The molecule has 0 unspecified atom stereocenters. The zero-order valence-corrected chi connectivity index (χ0v) is 15.7. The van der Waals surface area contributed by atoms with Gasteiger partial charge < -0.3 is 24.8 Å². The summed E-state index contributed by atoms with van der Waals surface area (Å²) in [7, 11) is 1.52. The van der Waals surface area contributed by atoms with Crippen LogP contribution in [0.1, 0.15) is 31.4 Å². The normalized spacial score (nSPS) is 14.4. The summed E-state index contributed by atoms with van der Waals surface area (Å²) in [6.07, 6.45) is 6.39. The zero-order chi connectivity index (χ0) is 19.6. The van der Waals surface area contributed by atoms with Crippen molar-refractivity contribution in [3.05, 3.63) is 24.0 Å². The SMILES string of the molecule is COCCN(CC(=O)NC1CCCC1)C(=O)C=CC(=O)Nc1cc(C)on1. The number of hydrogen-bond donors (Lipinski definition) is 2. The number of aromatic nitrogens is 1. The molecule has 0 aromatic carbocycles. The fourth-order valence-electron chi connectivity index (χ4n) is 2.83. The van der Waals surface area contributed by atoms with Crippen LogP contribution >= 0.6 is 0 Å². The second kappa shape index (κ2) is 10.5. The fraction of sp³-hybridized carbons (Fsp3) is 0.556. The molecule has 0 saturated heterocycles. The molecule has 0 radical (unpaired) electrons.